The molecule has 1 atom stereocenters. The van der Waals surface area contributed by atoms with E-state index in [4.69, 9.17) is 4.74 Å². The van der Waals surface area contributed by atoms with Gasteiger partial charge in [0.2, 0.25) is 0 Å². The summed E-state index contributed by atoms with van der Waals surface area (Å²) >= 11 is 3.53. The molecule has 2 heteroatoms. The number of rotatable bonds is 3. The highest BCUT2D eigenvalue weighted by Crippen LogP contribution is 2.26. The summed E-state index contributed by atoms with van der Waals surface area (Å²) in [5.41, 5.74) is 1.25. The maximum Gasteiger partial charge on any atom is 0.127 e. The van der Waals surface area contributed by atoms with Crippen LogP contribution in [0, 0.1) is 0 Å². The van der Waals surface area contributed by atoms with Crippen molar-refractivity contribution in [3.63, 3.8) is 0 Å². The lowest BCUT2D eigenvalue weighted by atomic mass is 10.2. The molecule has 0 aliphatic rings. The highest BCUT2D eigenvalue weighted by atomic mass is 79.9. The van der Waals surface area contributed by atoms with Crippen molar-refractivity contribution in [2.45, 2.75) is 11.8 Å². The second-order valence-electron chi connectivity index (χ2n) is 3.60. The molecule has 0 bridgehead atoms. The lowest BCUT2D eigenvalue weighted by Crippen LogP contribution is -1.86. The second kappa shape index (κ2) is 5.17. The first kappa shape index (κ1) is 11.2. The van der Waals surface area contributed by atoms with Gasteiger partial charge in [-0.05, 0) is 36.8 Å². The molecule has 0 aliphatic heterocycles. The van der Waals surface area contributed by atoms with Crippen molar-refractivity contribution in [1.82, 2.24) is 0 Å². The van der Waals surface area contributed by atoms with Crippen LogP contribution in [0.1, 0.15) is 17.3 Å². The summed E-state index contributed by atoms with van der Waals surface area (Å²) in [7, 11) is 0. The lowest BCUT2D eigenvalue weighted by molar-refractivity contribution is 0.482. The van der Waals surface area contributed by atoms with Crippen molar-refractivity contribution in [3.8, 4) is 11.5 Å². The Hall–Kier alpha value is -1.28. The lowest BCUT2D eigenvalue weighted by Gasteiger charge is -2.07. The predicted octanol–water partition coefficient (Wildman–Crippen LogP) is 4.93. The first-order valence-corrected chi connectivity index (χ1v) is 6.14. The van der Waals surface area contributed by atoms with Crippen LogP contribution in [0.5, 0.6) is 11.5 Å². The van der Waals surface area contributed by atoms with Crippen LogP contribution >= 0.6 is 15.9 Å². The molecule has 2 aromatic carbocycles. The van der Waals surface area contributed by atoms with Crippen molar-refractivity contribution in [2.75, 3.05) is 0 Å². The maximum atomic E-state index is 5.70. The van der Waals surface area contributed by atoms with Gasteiger partial charge in [0.1, 0.15) is 11.5 Å². The van der Waals surface area contributed by atoms with Crippen molar-refractivity contribution in [1.29, 1.82) is 0 Å². The zero-order chi connectivity index (χ0) is 11.4. The molecular formula is C14H13BrO. The summed E-state index contributed by atoms with van der Waals surface area (Å²) in [6.07, 6.45) is 0. The maximum absolute atomic E-state index is 5.70. The molecule has 0 fully saturated rings. The third-order valence-corrected chi connectivity index (χ3v) is 2.85. The van der Waals surface area contributed by atoms with Crippen LogP contribution in [0.25, 0.3) is 0 Å². The van der Waals surface area contributed by atoms with E-state index in [0.29, 0.717) is 4.83 Å². The van der Waals surface area contributed by atoms with E-state index in [9.17, 15) is 0 Å². The summed E-state index contributed by atoms with van der Waals surface area (Å²) in [5.74, 6) is 1.73. The smallest absolute Gasteiger partial charge is 0.127 e. The number of ether oxygens (including phenoxy) is 1. The molecule has 82 valence electrons. The molecule has 0 aromatic heterocycles. The van der Waals surface area contributed by atoms with Gasteiger partial charge in [-0.1, -0.05) is 46.3 Å². The molecule has 0 N–H and O–H groups in total. The van der Waals surface area contributed by atoms with Crippen LogP contribution in [0.15, 0.2) is 54.6 Å². The third kappa shape index (κ3) is 2.86. The van der Waals surface area contributed by atoms with Gasteiger partial charge >= 0.3 is 0 Å². The van der Waals surface area contributed by atoms with Gasteiger partial charge in [0.15, 0.2) is 0 Å². The van der Waals surface area contributed by atoms with Crippen LogP contribution < -0.4 is 4.74 Å². The number of benzene rings is 2. The molecular weight excluding hydrogens is 264 g/mol. The zero-order valence-corrected chi connectivity index (χ0v) is 10.6. The quantitative estimate of drug-likeness (QED) is 0.722. The van der Waals surface area contributed by atoms with Crippen LogP contribution in [0.4, 0.5) is 0 Å². The zero-order valence-electron chi connectivity index (χ0n) is 9.06. The SMILES string of the molecule is CC(Br)c1ccc(Oc2ccccc2)cc1. The Morgan fingerprint density at radius 1 is 0.875 bits per heavy atom. The fourth-order valence-corrected chi connectivity index (χ4v) is 1.73. The number of hydrogen-bond acceptors (Lipinski definition) is 1. The minimum absolute atomic E-state index is 0.373. The van der Waals surface area contributed by atoms with E-state index in [1.165, 1.54) is 5.56 Å². The van der Waals surface area contributed by atoms with Gasteiger partial charge in [0.25, 0.3) is 0 Å². The minimum Gasteiger partial charge on any atom is -0.457 e. The van der Waals surface area contributed by atoms with E-state index in [1.54, 1.807) is 0 Å². The molecule has 0 heterocycles. The van der Waals surface area contributed by atoms with E-state index < -0.39 is 0 Å². The molecule has 1 unspecified atom stereocenters. The van der Waals surface area contributed by atoms with Crippen LogP contribution in [0.2, 0.25) is 0 Å². The summed E-state index contributed by atoms with van der Waals surface area (Å²) in [6, 6.07) is 17.9. The van der Waals surface area contributed by atoms with Crippen LogP contribution in [-0.4, -0.2) is 0 Å². The Morgan fingerprint density at radius 3 is 2.00 bits per heavy atom. The average molecular weight is 277 g/mol. The number of hydrogen-bond donors (Lipinski definition) is 0. The van der Waals surface area contributed by atoms with E-state index in [-0.39, 0.29) is 0 Å². The van der Waals surface area contributed by atoms with E-state index in [2.05, 4.69) is 35.0 Å². The van der Waals surface area contributed by atoms with Gasteiger partial charge < -0.3 is 4.74 Å². The van der Waals surface area contributed by atoms with Gasteiger partial charge in [-0.3, -0.25) is 0 Å². The molecule has 0 radical (unpaired) electrons. The van der Waals surface area contributed by atoms with Gasteiger partial charge in [-0.2, -0.15) is 0 Å². The van der Waals surface area contributed by atoms with E-state index in [0.717, 1.165) is 11.5 Å². The Balaban J connectivity index is 2.11. The number of halogens is 1. The Morgan fingerprint density at radius 2 is 1.44 bits per heavy atom. The van der Waals surface area contributed by atoms with Crippen LogP contribution in [0.3, 0.4) is 0 Å². The molecule has 0 saturated carbocycles. The highest BCUT2D eigenvalue weighted by Gasteiger charge is 2.01. The molecule has 0 amide bonds. The summed E-state index contributed by atoms with van der Waals surface area (Å²) in [4.78, 5) is 0.373. The molecule has 0 aliphatic carbocycles. The molecule has 2 aromatic rings. The van der Waals surface area contributed by atoms with Crippen LogP contribution in [-0.2, 0) is 0 Å². The monoisotopic (exact) mass is 276 g/mol. The third-order valence-electron chi connectivity index (χ3n) is 2.32. The van der Waals surface area contributed by atoms with Crippen molar-refractivity contribution in [3.05, 3.63) is 60.2 Å². The summed E-state index contributed by atoms with van der Waals surface area (Å²) in [6.45, 7) is 2.10. The molecule has 0 saturated heterocycles. The summed E-state index contributed by atoms with van der Waals surface area (Å²) in [5, 5.41) is 0. The Labute approximate surface area is 104 Å². The van der Waals surface area contributed by atoms with Gasteiger partial charge in [0, 0.05) is 4.83 Å². The van der Waals surface area contributed by atoms with Gasteiger partial charge in [-0.25, -0.2) is 0 Å². The molecule has 16 heavy (non-hydrogen) atoms. The van der Waals surface area contributed by atoms with Crippen molar-refractivity contribution in [2.24, 2.45) is 0 Å². The highest BCUT2D eigenvalue weighted by molar-refractivity contribution is 9.09. The standard InChI is InChI=1S/C14H13BrO/c1-11(15)12-7-9-14(10-8-12)16-13-5-3-2-4-6-13/h2-11H,1H3. The topological polar surface area (TPSA) is 9.23 Å². The first-order chi connectivity index (χ1) is 7.75. The van der Waals surface area contributed by atoms with Gasteiger partial charge in [0.05, 0.1) is 0 Å². The number of alkyl halides is 1. The van der Waals surface area contributed by atoms with E-state index in [1.807, 2.05) is 42.5 Å². The van der Waals surface area contributed by atoms with Crippen molar-refractivity contribution < 1.29 is 4.74 Å². The fraction of sp³-hybridized carbons (Fsp3) is 0.143. The molecule has 2 rings (SSSR count). The number of para-hydroxylation sites is 1. The largest absolute Gasteiger partial charge is 0.457 e. The molecule has 1 nitrogen and oxygen atoms in total. The Kier molecular flexibility index (Phi) is 3.62. The first-order valence-electron chi connectivity index (χ1n) is 5.22. The minimum atomic E-state index is 0.373. The van der Waals surface area contributed by atoms with E-state index >= 15 is 0 Å². The predicted molar refractivity (Wildman–Crippen MR) is 70.3 cm³/mol. The Bertz CT molecular complexity index is 434. The van der Waals surface area contributed by atoms with Gasteiger partial charge in [-0.15, -0.1) is 0 Å². The molecule has 0 spiro atoms. The second-order valence-corrected chi connectivity index (χ2v) is 4.97. The van der Waals surface area contributed by atoms with Crippen molar-refractivity contribution >= 4 is 15.9 Å². The average Bonchev–Trinajstić information content (AvgIpc) is 2.31. The fourth-order valence-electron chi connectivity index (χ4n) is 1.43. The summed E-state index contributed by atoms with van der Waals surface area (Å²) < 4.78 is 5.70. The normalized spacial score (nSPS) is 12.1.